The molecular weight excluding hydrogens is 833 g/mol. The highest BCUT2D eigenvalue weighted by atomic mass is 15.4. The Morgan fingerprint density at radius 3 is 1.00 bits per heavy atom. The second-order valence-electron chi connectivity index (χ2n) is 16.7. The number of hydrogen-bond acceptors (Lipinski definition) is 8. The van der Waals surface area contributed by atoms with Crippen LogP contribution in [0.15, 0.2) is 194 Å². The molecule has 0 fully saturated rings. The lowest BCUT2D eigenvalue weighted by atomic mass is 9.99. The van der Waals surface area contributed by atoms with Crippen LogP contribution < -0.4 is 9.80 Å². The van der Waals surface area contributed by atoms with Crippen molar-refractivity contribution in [1.29, 1.82) is 0 Å². The first-order valence-corrected chi connectivity index (χ1v) is 22.6. The number of aromatic nitrogens is 6. The number of benzene rings is 8. The van der Waals surface area contributed by atoms with Gasteiger partial charge in [0.05, 0.1) is 22.5 Å². The molecule has 8 nitrogen and oxygen atoms in total. The van der Waals surface area contributed by atoms with Crippen LogP contribution in [0.1, 0.15) is 38.9 Å². The maximum Gasteiger partial charge on any atom is 0.241 e. The quantitative estimate of drug-likeness (QED) is 0.127. The minimum Gasteiger partial charge on any atom is -0.309 e. The van der Waals surface area contributed by atoms with E-state index in [1.165, 1.54) is 0 Å². The van der Waals surface area contributed by atoms with E-state index in [2.05, 4.69) is 24.3 Å². The van der Waals surface area contributed by atoms with Crippen molar-refractivity contribution in [2.75, 3.05) is 9.80 Å². The molecule has 0 amide bonds. The van der Waals surface area contributed by atoms with Gasteiger partial charge in [-0.05, 0) is 105 Å². The molecule has 10 rings (SSSR count). The molecular formula is C60H50N8. The summed E-state index contributed by atoms with van der Waals surface area (Å²) < 4.78 is 36.6. The lowest BCUT2D eigenvalue weighted by molar-refractivity contribution is 0.964. The van der Waals surface area contributed by atoms with Crippen molar-refractivity contribution in [3.05, 3.63) is 227 Å². The SMILES string of the molecule is [2H]c1c(C)c([2H])c(C)c(N(c2ccc(N(c3nc(-c4ccccc4)nc(-c4ccccc4)n3)c3nc(-c4ccccc4)nc(-c4cccc(-c5ccccc5)c4)n3)cc2)c2c(C)c([2H])c(C)c([2H])c2C)c1C. The molecule has 0 unspecified atom stereocenters. The molecule has 330 valence electrons. The molecule has 0 atom stereocenters. The third-order valence-corrected chi connectivity index (χ3v) is 11.7. The van der Waals surface area contributed by atoms with Gasteiger partial charge in [0.1, 0.15) is 0 Å². The molecule has 0 aliphatic heterocycles. The normalized spacial score (nSPS) is 11.9. The van der Waals surface area contributed by atoms with Crippen LogP contribution in [0.2, 0.25) is 0 Å². The van der Waals surface area contributed by atoms with Gasteiger partial charge in [0, 0.05) is 27.9 Å². The molecule has 10 aromatic rings. The fourth-order valence-electron chi connectivity index (χ4n) is 8.77. The van der Waals surface area contributed by atoms with Crippen LogP contribution in [0.4, 0.5) is 34.6 Å². The van der Waals surface area contributed by atoms with Gasteiger partial charge >= 0.3 is 0 Å². The lowest BCUT2D eigenvalue weighted by Crippen LogP contribution is -2.19. The summed E-state index contributed by atoms with van der Waals surface area (Å²) in [5.74, 6) is 2.29. The Bertz CT molecular complexity index is 3450. The number of anilines is 6. The standard InChI is InChI=1S/C60H50N8/c1-39-34-41(3)53(42(4)35-39)67(54-43(5)36-40(2)37-44(54)6)51-30-32-52(33-31-51)68(59-63-55(46-22-13-8-14-23-46)61-56(64-59)47-24-15-9-16-25-47)60-65-57(48-26-17-10-18-27-48)62-58(66-60)50-29-19-28-49(38-50)45-20-11-7-12-21-45/h7-38H,1-6H3/i34D,35D,36D,37D. The maximum atomic E-state index is 9.16. The molecule has 0 bridgehead atoms. The highest BCUT2D eigenvalue weighted by Crippen LogP contribution is 2.44. The van der Waals surface area contributed by atoms with Gasteiger partial charge in [0.2, 0.25) is 11.9 Å². The molecule has 0 N–H and O–H groups in total. The van der Waals surface area contributed by atoms with Gasteiger partial charge in [0.15, 0.2) is 23.3 Å². The van der Waals surface area contributed by atoms with E-state index in [1.807, 2.05) is 183 Å². The minimum atomic E-state index is 0.253. The Morgan fingerprint density at radius 2 is 0.618 bits per heavy atom. The van der Waals surface area contributed by atoms with E-state index in [0.717, 1.165) is 33.4 Å². The molecule has 8 heteroatoms. The summed E-state index contributed by atoms with van der Waals surface area (Å²) >= 11 is 0. The number of hydrogen-bond donors (Lipinski definition) is 0. The minimum absolute atomic E-state index is 0.253. The van der Waals surface area contributed by atoms with E-state index in [9.17, 15) is 0 Å². The molecule has 0 radical (unpaired) electrons. The monoisotopic (exact) mass is 886 g/mol. The maximum absolute atomic E-state index is 9.16. The van der Waals surface area contributed by atoms with Gasteiger partial charge in [-0.15, -0.1) is 0 Å². The molecule has 0 saturated heterocycles. The highest BCUT2D eigenvalue weighted by molar-refractivity contribution is 5.85. The van der Waals surface area contributed by atoms with Crippen LogP contribution in [0, 0.1) is 41.5 Å². The first kappa shape index (κ1) is 38.6. The Hall–Kier alpha value is -8.62. The largest absolute Gasteiger partial charge is 0.309 e. The van der Waals surface area contributed by atoms with Crippen LogP contribution in [0.25, 0.3) is 56.7 Å². The Labute approximate surface area is 404 Å². The van der Waals surface area contributed by atoms with Gasteiger partial charge < -0.3 is 4.90 Å². The van der Waals surface area contributed by atoms with Crippen molar-refractivity contribution in [3.8, 4) is 56.7 Å². The van der Waals surface area contributed by atoms with Gasteiger partial charge in [-0.2, -0.15) is 19.9 Å². The van der Waals surface area contributed by atoms with E-state index >= 15 is 0 Å². The molecule has 2 aromatic heterocycles. The van der Waals surface area contributed by atoms with Crippen molar-refractivity contribution in [1.82, 2.24) is 29.9 Å². The molecule has 0 spiro atoms. The summed E-state index contributed by atoms with van der Waals surface area (Å²) in [5.41, 5.74) is 11.7. The number of rotatable bonds is 11. The average molecular weight is 887 g/mol. The fourth-order valence-corrected chi connectivity index (χ4v) is 8.77. The van der Waals surface area contributed by atoms with Crippen LogP contribution in [0.5, 0.6) is 0 Å². The zero-order valence-electron chi connectivity index (χ0n) is 42.7. The van der Waals surface area contributed by atoms with Crippen molar-refractivity contribution in [2.45, 2.75) is 41.5 Å². The van der Waals surface area contributed by atoms with Gasteiger partial charge in [-0.3, -0.25) is 0 Å². The van der Waals surface area contributed by atoms with Crippen LogP contribution >= 0.6 is 0 Å². The van der Waals surface area contributed by atoms with E-state index in [1.54, 1.807) is 13.8 Å². The zero-order chi connectivity index (χ0) is 50.2. The topological polar surface area (TPSA) is 83.8 Å². The zero-order valence-corrected chi connectivity index (χ0v) is 38.7. The predicted molar refractivity (Wildman–Crippen MR) is 278 cm³/mol. The first-order valence-electron chi connectivity index (χ1n) is 24.6. The lowest BCUT2D eigenvalue weighted by Gasteiger charge is -2.32. The smallest absolute Gasteiger partial charge is 0.241 e. The Kier molecular flexibility index (Phi) is 10.6. The second-order valence-corrected chi connectivity index (χ2v) is 16.7. The van der Waals surface area contributed by atoms with Crippen molar-refractivity contribution >= 4 is 34.6 Å². The van der Waals surface area contributed by atoms with E-state index in [-0.39, 0.29) is 36.1 Å². The van der Waals surface area contributed by atoms with Crippen LogP contribution in [-0.4, -0.2) is 29.9 Å². The third kappa shape index (κ3) is 8.87. The first-order chi connectivity index (χ1) is 34.9. The van der Waals surface area contributed by atoms with Crippen LogP contribution in [0.3, 0.4) is 0 Å². The van der Waals surface area contributed by atoms with Crippen molar-refractivity contribution in [3.63, 3.8) is 0 Å². The third-order valence-electron chi connectivity index (χ3n) is 11.7. The van der Waals surface area contributed by atoms with Crippen LogP contribution in [-0.2, 0) is 0 Å². The van der Waals surface area contributed by atoms with Gasteiger partial charge in [-0.25, -0.2) is 14.9 Å². The summed E-state index contributed by atoms with van der Waals surface area (Å²) in [6, 6.07) is 56.6. The predicted octanol–water partition coefficient (Wildman–Crippen LogP) is 15.2. The Balaban J connectivity index is 1.24. The molecule has 0 aliphatic carbocycles. The molecule has 0 saturated carbocycles. The number of nitrogens with zero attached hydrogens (tertiary/aromatic N) is 8. The molecule has 0 aliphatic rings. The van der Waals surface area contributed by atoms with Crippen molar-refractivity contribution < 1.29 is 5.48 Å². The highest BCUT2D eigenvalue weighted by Gasteiger charge is 2.26. The summed E-state index contributed by atoms with van der Waals surface area (Å²) in [7, 11) is 0. The summed E-state index contributed by atoms with van der Waals surface area (Å²) in [6.45, 7) is 11.2. The van der Waals surface area contributed by atoms with E-state index in [4.69, 9.17) is 35.4 Å². The fraction of sp³-hybridized carbons (Fsp3) is 0.100. The molecule has 2 heterocycles. The molecule has 8 aromatic carbocycles. The summed E-state index contributed by atoms with van der Waals surface area (Å²) in [4.78, 5) is 34.9. The Morgan fingerprint density at radius 1 is 0.309 bits per heavy atom. The molecule has 68 heavy (non-hydrogen) atoms. The average Bonchev–Trinajstić information content (AvgIpc) is 3.43. The van der Waals surface area contributed by atoms with Gasteiger partial charge in [-0.1, -0.05) is 175 Å². The van der Waals surface area contributed by atoms with E-state index < -0.39 is 0 Å². The summed E-state index contributed by atoms with van der Waals surface area (Å²) in [6.07, 6.45) is 0. The second kappa shape index (κ2) is 18.7. The van der Waals surface area contributed by atoms with Gasteiger partial charge in [0.25, 0.3) is 0 Å². The summed E-state index contributed by atoms with van der Waals surface area (Å²) in [5, 5.41) is 0. The van der Waals surface area contributed by atoms with E-state index in [0.29, 0.717) is 79.4 Å². The van der Waals surface area contributed by atoms with Crippen molar-refractivity contribution in [2.24, 2.45) is 0 Å².